The minimum Gasteiger partial charge on any atom is -0.432 e. The molecule has 0 saturated heterocycles. The lowest BCUT2D eigenvalue weighted by Crippen LogP contribution is -2.17. The fraction of sp³-hybridized carbons (Fsp3) is 0.286. The first kappa shape index (κ1) is 14.7. The second-order valence-electron chi connectivity index (χ2n) is 5.53. The van der Waals surface area contributed by atoms with Crippen LogP contribution in [0.25, 0.3) is 0 Å². The first-order valence-electron chi connectivity index (χ1n) is 6.33. The summed E-state index contributed by atoms with van der Waals surface area (Å²) in [7, 11) is 0. The monoisotopic (exact) mass is 288 g/mol. The van der Waals surface area contributed by atoms with Crippen LogP contribution in [0.15, 0.2) is 30.3 Å². The van der Waals surface area contributed by atoms with E-state index in [2.05, 4.69) is 9.97 Å². The van der Waals surface area contributed by atoms with Crippen molar-refractivity contribution in [2.75, 3.05) is 5.73 Å². The summed E-state index contributed by atoms with van der Waals surface area (Å²) >= 11 is 0. The van der Waals surface area contributed by atoms with Crippen molar-refractivity contribution in [2.24, 2.45) is 0 Å². The van der Waals surface area contributed by atoms with Gasteiger partial charge >= 0.3 is 5.69 Å². The molecule has 1 heterocycles. The van der Waals surface area contributed by atoms with Gasteiger partial charge in [0.05, 0.1) is 4.92 Å². The van der Waals surface area contributed by atoms with E-state index in [0.717, 1.165) is 0 Å². The normalized spacial score (nSPS) is 11.2. The van der Waals surface area contributed by atoms with Crippen molar-refractivity contribution < 1.29 is 9.66 Å². The molecule has 0 unspecified atom stereocenters. The standard InChI is InChI=1S/C14H16N4O3/c1-14(2,3)13-16-11(15)8-12(17-13)21-10-7-5-4-6-9(10)18(19)20/h4-8H,1-3H3,(H2,15,16,17). The highest BCUT2D eigenvalue weighted by Crippen LogP contribution is 2.31. The Morgan fingerprint density at radius 3 is 2.52 bits per heavy atom. The van der Waals surface area contributed by atoms with Crippen LogP contribution in [-0.2, 0) is 5.41 Å². The van der Waals surface area contributed by atoms with Gasteiger partial charge in [-0.1, -0.05) is 32.9 Å². The molecular formula is C14H16N4O3. The molecule has 0 saturated carbocycles. The van der Waals surface area contributed by atoms with Crippen LogP contribution >= 0.6 is 0 Å². The summed E-state index contributed by atoms with van der Waals surface area (Å²) in [5.74, 6) is 1.06. The second kappa shape index (κ2) is 5.35. The molecule has 7 heteroatoms. The smallest absolute Gasteiger partial charge is 0.311 e. The number of hydrogen-bond acceptors (Lipinski definition) is 6. The van der Waals surface area contributed by atoms with E-state index in [4.69, 9.17) is 10.5 Å². The number of hydrogen-bond donors (Lipinski definition) is 1. The predicted octanol–water partition coefficient (Wildman–Crippen LogP) is 3.06. The van der Waals surface area contributed by atoms with Gasteiger partial charge in [0.1, 0.15) is 11.6 Å². The molecule has 0 aliphatic carbocycles. The van der Waals surface area contributed by atoms with E-state index in [1.165, 1.54) is 18.2 Å². The maximum atomic E-state index is 11.0. The first-order valence-corrected chi connectivity index (χ1v) is 6.33. The Labute approximate surface area is 121 Å². The quantitative estimate of drug-likeness (QED) is 0.687. The number of anilines is 1. The number of nitrogen functional groups attached to an aromatic ring is 1. The van der Waals surface area contributed by atoms with Crippen LogP contribution in [0, 0.1) is 10.1 Å². The summed E-state index contributed by atoms with van der Waals surface area (Å²) in [6.45, 7) is 5.82. The van der Waals surface area contributed by atoms with Gasteiger partial charge in [0.25, 0.3) is 0 Å². The summed E-state index contributed by atoms with van der Waals surface area (Å²) in [4.78, 5) is 18.9. The summed E-state index contributed by atoms with van der Waals surface area (Å²) < 4.78 is 5.51. The van der Waals surface area contributed by atoms with Crippen LogP contribution in [0.5, 0.6) is 11.6 Å². The molecule has 0 bridgehead atoms. The zero-order valence-electron chi connectivity index (χ0n) is 12.0. The van der Waals surface area contributed by atoms with Gasteiger partial charge in [-0.05, 0) is 6.07 Å². The molecule has 1 aromatic carbocycles. The van der Waals surface area contributed by atoms with E-state index in [9.17, 15) is 10.1 Å². The van der Waals surface area contributed by atoms with Gasteiger partial charge in [-0.15, -0.1) is 0 Å². The molecule has 2 aromatic rings. The van der Waals surface area contributed by atoms with Gasteiger partial charge < -0.3 is 10.5 Å². The third-order valence-corrected chi connectivity index (χ3v) is 2.67. The number of benzene rings is 1. The molecule has 0 aliphatic heterocycles. The number of aromatic nitrogens is 2. The molecule has 2 rings (SSSR count). The Bertz CT molecular complexity index is 680. The van der Waals surface area contributed by atoms with Crippen LogP contribution in [0.1, 0.15) is 26.6 Å². The van der Waals surface area contributed by atoms with E-state index in [1.807, 2.05) is 20.8 Å². The molecule has 2 N–H and O–H groups in total. The summed E-state index contributed by atoms with van der Waals surface area (Å²) in [6.07, 6.45) is 0. The lowest BCUT2D eigenvalue weighted by Gasteiger charge is -2.17. The molecule has 0 atom stereocenters. The number of para-hydroxylation sites is 2. The van der Waals surface area contributed by atoms with Crippen LogP contribution < -0.4 is 10.5 Å². The number of nitro benzene ring substituents is 1. The SMILES string of the molecule is CC(C)(C)c1nc(N)cc(Oc2ccccc2[N+](=O)[O-])n1. The Morgan fingerprint density at radius 2 is 1.90 bits per heavy atom. The molecule has 0 aliphatic rings. The van der Waals surface area contributed by atoms with Crippen LogP contribution in [0.3, 0.4) is 0 Å². The molecule has 0 spiro atoms. The van der Waals surface area contributed by atoms with E-state index < -0.39 is 4.92 Å². The molecule has 7 nitrogen and oxygen atoms in total. The number of rotatable bonds is 3. The second-order valence-corrected chi connectivity index (χ2v) is 5.53. The lowest BCUT2D eigenvalue weighted by atomic mass is 9.96. The molecule has 0 amide bonds. The van der Waals surface area contributed by atoms with E-state index in [1.54, 1.807) is 12.1 Å². The van der Waals surface area contributed by atoms with Crippen molar-refractivity contribution in [3.8, 4) is 11.6 Å². The molecule has 21 heavy (non-hydrogen) atoms. The van der Waals surface area contributed by atoms with Crippen molar-refractivity contribution in [1.29, 1.82) is 0 Å². The minimum atomic E-state index is -0.509. The number of nitrogens with two attached hydrogens (primary N) is 1. The van der Waals surface area contributed by atoms with Crippen molar-refractivity contribution in [1.82, 2.24) is 9.97 Å². The molecule has 0 fully saturated rings. The van der Waals surface area contributed by atoms with E-state index in [-0.39, 0.29) is 28.5 Å². The predicted molar refractivity (Wildman–Crippen MR) is 78.3 cm³/mol. The highest BCUT2D eigenvalue weighted by molar-refractivity contribution is 5.48. The van der Waals surface area contributed by atoms with Gasteiger partial charge in [0, 0.05) is 17.5 Å². The van der Waals surface area contributed by atoms with Crippen LogP contribution in [-0.4, -0.2) is 14.9 Å². The fourth-order valence-corrected chi connectivity index (χ4v) is 1.64. The third-order valence-electron chi connectivity index (χ3n) is 2.67. The Morgan fingerprint density at radius 1 is 1.24 bits per heavy atom. The van der Waals surface area contributed by atoms with Gasteiger partial charge in [-0.3, -0.25) is 10.1 Å². The van der Waals surface area contributed by atoms with Crippen molar-refractivity contribution in [3.05, 3.63) is 46.3 Å². The summed E-state index contributed by atoms with van der Waals surface area (Å²) in [5, 5.41) is 11.0. The highest BCUT2D eigenvalue weighted by Gasteiger charge is 2.21. The summed E-state index contributed by atoms with van der Waals surface area (Å²) in [6, 6.07) is 7.53. The largest absolute Gasteiger partial charge is 0.432 e. The average Bonchev–Trinajstić information content (AvgIpc) is 2.37. The molecule has 1 aromatic heterocycles. The fourth-order valence-electron chi connectivity index (χ4n) is 1.64. The highest BCUT2D eigenvalue weighted by atomic mass is 16.6. The first-order chi connectivity index (χ1) is 9.77. The van der Waals surface area contributed by atoms with Crippen molar-refractivity contribution in [3.63, 3.8) is 0 Å². The minimum absolute atomic E-state index is 0.112. The Hall–Kier alpha value is -2.70. The average molecular weight is 288 g/mol. The third kappa shape index (κ3) is 3.44. The van der Waals surface area contributed by atoms with Crippen LogP contribution in [0.2, 0.25) is 0 Å². The number of nitrogens with zero attached hydrogens (tertiary/aromatic N) is 3. The van der Waals surface area contributed by atoms with Crippen LogP contribution in [0.4, 0.5) is 11.5 Å². The maximum absolute atomic E-state index is 11.0. The van der Waals surface area contributed by atoms with Gasteiger partial charge in [-0.2, -0.15) is 4.98 Å². The maximum Gasteiger partial charge on any atom is 0.311 e. The molecule has 0 radical (unpaired) electrons. The van der Waals surface area contributed by atoms with Crippen molar-refractivity contribution in [2.45, 2.75) is 26.2 Å². The number of nitro groups is 1. The zero-order valence-corrected chi connectivity index (χ0v) is 12.0. The van der Waals surface area contributed by atoms with Crippen molar-refractivity contribution >= 4 is 11.5 Å². The van der Waals surface area contributed by atoms with E-state index in [0.29, 0.717) is 5.82 Å². The Kier molecular flexibility index (Phi) is 3.75. The lowest BCUT2D eigenvalue weighted by molar-refractivity contribution is -0.385. The molecular weight excluding hydrogens is 272 g/mol. The Balaban J connectivity index is 2.41. The number of ether oxygens (including phenoxy) is 1. The van der Waals surface area contributed by atoms with E-state index >= 15 is 0 Å². The molecule has 110 valence electrons. The summed E-state index contributed by atoms with van der Waals surface area (Å²) in [5.41, 5.74) is 5.30. The van der Waals surface area contributed by atoms with Gasteiger partial charge in [-0.25, -0.2) is 4.98 Å². The topological polar surface area (TPSA) is 104 Å². The van der Waals surface area contributed by atoms with Gasteiger partial charge in [0.15, 0.2) is 0 Å². The zero-order chi connectivity index (χ0) is 15.6. The van der Waals surface area contributed by atoms with Gasteiger partial charge in [0.2, 0.25) is 11.6 Å².